The molecule has 0 aliphatic carbocycles. The number of primary amides is 1. The van der Waals surface area contributed by atoms with Crippen LogP contribution in [0.15, 0.2) is 23.3 Å². The van der Waals surface area contributed by atoms with Crippen molar-refractivity contribution in [3.05, 3.63) is 45.6 Å². The first kappa shape index (κ1) is 11.0. The van der Waals surface area contributed by atoms with E-state index < -0.39 is 11.7 Å². The number of hydrogen-bond donors (Lipinski definition) is 1. The largest absolute Gasteiger partial charge is 0.369 e. The van der Waals surface area contributed by atoms with E-state index in [9.17, 15) is 9.18 Å². The third kappa shape index (κ3) is 3.28. The Bertz CT molecular complexity index is 426. The molecule has 78 valence electrons. The van der Waals surface area contributed by atoms with Crippen LogP contribution in [0.4, 0.5) is 4.39 Å². The predicted molar refractivity (Wildman–Crippen MR) is 52.1 cm³/mol. The van der Waals surface area contributed by atoms with Gasteiger partial charge in [0.15, 0.2) is 0 Å². The lowest BCUT2D eigenvalue weighted by Crippen LogP contribution is -2.14. The number of azide groups is 1. The summed E-state index contributed by atoms with van der Waals surface area (Å²) in [5.74, 6) is -1.09. The summed E-state index contributed by atoms with van der Waals surface area (Å²) >= 11 is 0. The Morgan fingerprint density at radius 3 is 2.93 bits per heavy atom. The Morgan fingerprint density at radius 2 is 2.33 bits per heavy atom. The summed E-state index contributed by atoms with van der Waals surface area (Å²) < 4.78 is 13.1. The van der Waals surface area contributed by atoms with Gasteiger partial charge in [-0.05, 0) is 22.7 Å². The van der Waals surface area contributed by atoms with Gasteiger partial charge in [-0.25, -0.2) is 4.39 Å². The molecule has 1 aromatic carbocycles. The lowest BCUT2D eigenvalue weighted by Gasteiger charge is -2.02. The summed E-state index contributed by atoms with van der Waals surface area (Å²) in [6.45, 7) is 0.128. The first-order valence-corrected chi connectivity index (χ1v) is 4.20. The van der Waals surface area contributed by atoms with E-state index >= 15 is 0 Å². The van der Waals surface area contributed by atoms with Crippen molar-refractivity contribution in [2.45, 2.75) is 13.0 Å². The van der Waals surface area contributed by atoms with Gasteiger partial charge < -0.3 is 5.73 Å². The molecule has 0 bridgehead atoms. The highest BCUT2D eigenvalue weighted by atomic mass is 19.1. The molecule has 1 aromatic rings. The van der Waals surface area contributed by atoms with Crippen LogP contribution in [-0.2, 0) is 17.8 Å². The zero-order valence-corrected chi connectivity index (χ0v) is 7.85. The quantitative estimate of drug-likeness (QED) is 0.455. The molecule has 6 heteroatoms. The van der Waals surface area contributed by atoms with Gasteiger partial charge in [0.25, 0.3) is 0 Å². The summed E-state index contributed by atoms with van der Waals surface area (Å²) in [5, 5.41) is 3.33. The molecule has 0 unspecified atom stereocenters. The molecule has 15 heavy (non-hydrogen) atoms. The van der Waals surface area contributed by atoms with Gasteiger partial charge in [-0.15, -0.1) is 0 Å². The molecule has 0 aliphatic rings. The second-order valence-electron chi connectivity index (χ2n) is 2.96. The van der Waals surface area contributed by atoms with Crippen LogP contribution in [0.25, 0.3) is 10.4 Å². The molecular formula is C9H9FN4O. The van der Waals surface area contributed by atoms with Crippen LogP contribution in [0.5, 0.6) is 0 Å². The van der Waals surface area contributed by atoms with Crippen molar-refractivity contribution in [1.82, 2.24) is 0 Å². The molecule has 0 atom stereocenters. The highest BCUT2D eigenvalue weighted by Gasteiger charge is 2.06. The lowest BCUT2D eigenvalue weighted by molar-refractivity contribution is -0.117. The summed E-state index contributed by atoms with van der Waals surface area (Å²) in [4.78, 5) is 13.2. The summed E-state index contributed by atoms with van der Waals surface area (Å²) in [6, 6.07) is 4.18. The molecule has 1 rings (SSSR count). The monoisotopic (exact) mass is 208 g/mol. The number of carbonyl (C=O) groups is 1. The average Bonchev–Trinajstić information content (AvgIpc) is 2.18. The van der Waals surface area contributed by atoms with Crippen LogP contribution >= 0.6 is 0 Å². The average molecular weight is 208 g/mol. The van der Waals surface area contributed by atoms with Crippen LogP contribution in [0.3, 0.4) is 0 Å². The van der Waals surface area contributed by atoms with Crippen molar-refractivity contribution in [2.24, 2.45) is 10.8 Å². The molecule has 0 saturated heterocycles. The third-order valence-corrected chi connectivity index (χ3v) is 1.79. The van der Waals surface area contributed by atoms with Crippen molar-refractivity contribution >= 4 is 5.91 Å². The second kappa shape index (κ2) is 4.97. The molecule has 0 fully saturated rings. The Morgan fingerprint density at radius 1 is 1.60 bits per heavy atom. The van der Waals surface area contributed by atoms with E-state index in [4.69, 9.17) is 11.3 Å². The molecule has 5 nitrogen and oxygen atoms in total. The van der Waals surface area contributed by atoms with Crippen molar-refractivity contribution in [1.29, 1.82) is 0 Å². The summed E-state index contributed by atoms with van der Waals surface area (Å²) in [5.41, 5.74) is 13.9. The van der Waals surface area contributed by atoms with Crippen molar-refractivity contribution < 1.29 is 9.18 Å². The maximum atomic E-state index is 13.1. The van der Waals surface area contributed by atoms with E-state index in [1.807, 2.05) is 0 Å². The number of amides is 1. The maximum absolute atomic E-state index is 13.1. The smallest absolute Gasteiger partial charge is 0.221 e. The first-order chi connectivity index (χ1) is 7.13. The van der Waals surface area contributed by atoms with Crippen LogP contribution in [0.1, 0.15) is 11.1 Å². The molecule has 0 aromatic heterocycles. The minimum atomic E-state index is -0.602. The van der Waals surface area contributed by atoms with Gasteiger partial charge in [0.05, 0.1) is 13.0 Å². The van der Waals surface area contributed by atoms with E-state index in [1.54, 1.807) is 0 Å². The highest BCUT2D eigenvalue weighted by molar-refractivity contribution is 5.76. The Hall–Kier alpha value is -2.07. The van der Waals surface area contributed by atoms with E-state index in [2.05, 4.69) is 10.0 Å². The normalized spacial score (nSPS) is 9.40. The van der Waals surface area contributed by atoms with Gasteiger partial charge in [-0.3, -0.25) is 4.79 Å². The van der Waals surface area contributed by atoms with Gasteiger partial charge in [-0.1, -0.05) is 17.2 Å². The van der Waals surface area contributed by atoms with Crippen LogP contribution in [0, 0.1) is 5.82 Å². The van der Waals surface area contributed by atoms with Gasteiger partial charge in [0.1, 0.15) is 5.82 Å². The van der Waals surface area contributed by atoms with Crippen molar-refractivity contribution in [3.8, 4) is 0 Å². The van der Waals surface area contributed by atoms with Crippen LogP contribution < -0.4 is 5.73 Å². The fraction of sp³-hybridized carbons (Fsp3) is 0.222. The molecule has 0 spiro atoms. The molecule has 0 heterocycles. The van der Waals surface area contributed by atoms with E-state index in [-0.39, 0.29) is 18.5 Å². The molecule has 2 N–H and O–H groups in total. The van der Waals surface area contributed by atoms with E-state index in [1.165, 1.54) is 18.2 Å². The molecular weight excluding hydrogens is 199 g/mol. The predicted octanol–water partition coefficient (Wildman–Crippen LogP) is 1.66. The summed E-state index contributed by atoms with van der Waals surface area (Å²) in [6.07, 6.45) is -0.157. The Kier molecular flexibility index (Phi) is 3.65. The van der Waals surface area contributed by atoms with E-state index in [0.29, 0.717) is 5.56 Å². The number of benzene rings is 1. The fourth-order valence-corrected chi connectivity index (χ4v) is 1.16. The zero-order chi connectivity index (χ0) is 11.3. The van der Waals surface area contributed by atoms with Crippen molar-refractivity contribution in [3.63, 3.8) is 0 Å². The second-order valence-corrected chi connectivity index (χ2v) is 2.96. The molecule has 0 aliphatic heterocycles. The molecule has 0 saturated carbocycles. The van der Waals surface area contributed by atoms with Gasteiger partial charge in [-0.2, -0.15) is 0 Å². The SMILES string of the molecule is [N-]=[N+]=NCc1ccc(F)c(CC(N)=O)c1. The number of rotatable bonds is 4. The Balaban J connectivity index is 2.93. The van der Waals surface area contributed by atoms with Gasteiger partial charge >= 0.3 is 0 Å². The van der Waals surface area contributed by atoms with Gasteiger partial charge in [0, 0.05) is 4.91 Å². The summed E-state index contributed by atoms with van der Waals surface area (Å²) in [7, 11) is 0. The maximum Gasteiger partial charge on any atom is 0.221 e. The van der Waals surface area contributed by atoms with E-state index in [0.717, 1.165) is 0 Å². The van der Waals surface area contributed by atoms with Gasteiger partial charge in [0.2, 0.25) is 5.91 Å². The topological polar surface area (TPSA) is 91.8 Å². The minimum absolute atomic E-state index is 0.128. The van der Waals surface area contributed by atoms with Crippen molar-refractivity contribution in [2.75, 3.05) is 0 Å². The number of nitrogens with two attached hydrogens (primary N) is 1. The van der Waals surface area contributed by atoms with Crippen LogP contribution in [0.2, 0.25) is 0 Å². The number of hydrogen-bond acceptors (Lipinski definition) is 2. The fourth-order valence-electron chi connectivity index (χ4n) is 1.16. The number of nitrogens with zero attached hydrogens (tertiary/aromatic N) is 3. The molecule has 1 amide bonds. The minimum Gasteiger partial charge on any atom is -0.369 e. The standard InChI is InChI=1S/C9H9FN4O/c10-8-2-1-6(5-13-14-12)3-7(8)4-9(11)15/h1-3H,4-5H2,(H2,11,15). The Labute approximate surface area is 85.3 Å². The number of carbonyl (C=O) groups excluding carboxylic acids is 1. The number of halogens is 1. The van der Waals surface area contributed by atoms with Crippen LogP contribution in [-0.4, -0.2) is 5.91 Å². The lowest BCUT2D eigenvalue weighted by atomic mass is 10.1. The zero-order valence-electron chi connectivity index (χ0n) is 7.85. The highest BCUT2D eigenvalue weighted by Crippen LogP contribution is 2.12. The molecule has 0 radical (unpaired) electrons. The first-order valence-electron chi connectivity index (χ1n) is 4.20. The third-order valence-electron chi connectivity index (χ3n) is 1.79.